The zero-order valence-corrected chi connectivity index (χ0v) is 15.0. The lowest BCUT2D eigenvalue weighted by atomic mass is 9.84. The Bertz CT molecular complexity index is 803. The number of nitrogens with one attached hydrogen (secondary N) is 1. The molecule has 1 saturated carbocycles. The summed E-state index contributed by atoms with van der Waals surface area (Å²) >= 11 is 0. The largest absolute Gasteiger partial charge is 0.349 e. The van der Waals surface area contributed by atoms with Crippen molar-refractivity contribution in [2.45, 2.75) is 56.7 Å². The SMILES string of the molecule is O=C1Cn2nc(C3CC3)nc2CC2(CCN(Cc3ccccc3)CC2)N1. The number of fused-ring (bicyclic) bond motifs is 1. The third-order valence-electron chi connectivity index (χ3n) is 5.96. The van der Waals surface area contributed by atoms with E-state index in [2.05, 4.69) is 45.6 Å². The Morgan fingerprint density at radius 3 is 2.65 bits per heavy atom. The van der Waals surface area contributed by atoms with Gasteiger partial charge in [-0.25, -0.2) is 9.67 Å². The number of aromatic nitrogens is 3. The maximum Gasteiger partial charge on any atom is 0.242 e. The summed E-state index contributed by atoms with van der Waals surface area (Å²) in [5, 5.41) is 7.92. The molecule has 1 aliphatic carbocycles. The molecular weight excluding hydrogens is 326 g/mol. The summed E-state index contributed by atoms with van der Waals surface area (Å²) in [6.07, 6.45) is 5.12. The molecule has 26 heavy (non-hydrogen) atoms. The lowest BCUT2D eigenvalue weighted by Crippen LogP contribution is -2.56. The van der Waals surface area contributed by atoms with Crippen molar-refractivity contribution in [3.05, 3.63) is 47.5 Å². The molecule has 3 heterocycles. The van der Waals surface area contributed by atoms with Gasteiger partial charge >= 0.3 is 0 Å². The molecule has 6 heteroatoms. The minimum atomic E-state index is -0.160. The van der Waals surface area contributed by atoms with Gasteiger partial charge in [0.1, 0.15) is 12.4 Å². The van der Waals surface area contributed by atoms with Crippen LogP contribution in [0.1, 0.15) is 48.8 Å². The molecule has 1 aromatic heterocycles. The summed E-state index contributed by atoms with van der Waals surface area (Å²) in [6, 6.07) is 10.6. The topological polar surface area (TPSA) is 63.1 Å². The lowest BCUT2D eigenvalue weighted by Gasteiger charge is -2.41. The third kappa shape index (κ3) is 3.14. The zero-order chi connectivity index (χ0) is 17.6. The molecule has 0 unspecified atom stereocenters. The fourth-order valence-corrected chi connectivity index (χ4v) is 4.27. The van der Waals surface area contributed by atoms with Crippen molar-refractivity contribution in [3.8, 4) is 0 Å². The van der Waals surface area contributed by atoms with Gasteiger partial charge in [0.15, 0.2) is 5.82 Å². The Hall–Kier alpha value is -2.21. The van der Waals surface area contributed by atoms with E-state index < -0.39 is 0 Å². The number of rotatable bonds is 3. The highest BCUT2D eigenvalue weighted by atomic mass is 16.2. The van der Waals surface area contributed by atoms with E-state index >= 15 is 0 Å². The molecule has 0 radical (unpaired) electrons. The van der Waals surface area contributed by atoms with Crippen LogP contribution in [0.4, 0.5) is 0 Å². The number of carbonyl (C=O) groups excluding carboxylic acids is 1. The van der Waals surface area contributed by atoms with Crippen LogP contribution in [-0.4, -0.2) is 44.2 Å². The number of amides is 1. The first-order valence-corrected chi connectivity index (χ1v) is 9.70. The van der Waals surface area contributed by atoms with Crippen LogP contribution >= 0.6 is 0 Å². The fraction of sp³-hybridized carbons (Fsp3) is 0.550. The van der Waals surface area contributed by atoms with Gasteiger partial charge in [0, 0.05) is 37.5 Å². The number of piperidine rings is 1. The molecule has 0 bridgehead atoms. The molecule has 1 amide bonds. The minimum absolute atomic E-state index is 0.0764. The predicted octanol–water partition coefficient (Wildman–Crippen LogP) is 1.86. The highest BCUT2D eigenvalue weighted by Crippen LogP contribution is 2.39. The Kier molecular flexibility index (Phi) is 3.81. The highest BCUT2D eigenvalue weighted by Gasteiger charge is 2.40. The second-order valence-corrected chi connectivity index (χ2v) is 8.09. The van der Waals surface area contributed by atoms with Crippen LogP contribution in [0, 0.1) is 0 Å². The van der Waals surface area contributed by atoms with Crippen LogP contribution < -0.4 is 5.32 Å². The number of benzene rings is 1. The number of hydrogen-bond acceptors (Lipinski definition) is 4. The standard InChI is InChI=1S/C20H25N5O/c26-18-14-25-17(21-19(23-25)16-6-7-16)12-20(22-18)8-10-24(11-9-20)13-15-4-2-1-3-5-15/h1-5,16H,6-14H2,(H,22,26). The maximum atomic E-state index is 12.5. The van der Waals surface area contributed by atoms with Crippen molar-refractivity contribution in [3.63, 3.8) is 0 Å². The number of likely N-dealkylation sites (tertiary alicyclic amines) is 1. The second kappa shape index (κ2) is 6.20. The molecular formula is C20H25N5O. The van der Waals surface area contributed by atoms with Gasteiger partial charge in [-0.05, 0) is 31.2 Å². The molecule has 1 saturated heterocycles. The number of carbonyl (C=O) groups is 1. The molecule has 2 fully saturated rings. The van der Waals surface area contributed by atoms with E-state index in [9.17, 15) is 4.79 Å². The van der Waals surface area contributed by atoms with Gasteiger partial charge < -0.3 is 5.32 Å². The first-order valence-electron chi connectivity index (χ1n) is 9.70. The van der Waals surface area contributed by atoms with Gasteiger partial charge in [0.2, 0.25) is 5.91 Å². The summed E-state index contributed by atoms with van der Waals surface area (Å²) in [6.45, 7) is 3.29. The van der Waals surface area contributed by atoms with E-state index in [1.807, 2.05) is 4.68 Å². The van der Waals surface area contributed by atoms with Crippen molar-refractivity contribution >= 4 is 5.91 Å². The molecule has 1 spiro atoms. The van der Waals surface area contributed by atoms with E-state index in [0.717, 1.165) is 50.5 Å². The molecule has 3 aliphatic rings. The van der Waals surface area contributed by atoms with Crippen molar-refractivity contribution < 1.29 is 4.79 Å². The first-order chi connectivity index (χ1) is 12.7. The average molecular weight is 351 g/mol. The number of nitrogens with zero attached hydrogens (tertiary/aromatic N) is 4. The van der Waals surface area contributed by atoms with Gasteiger partial charge in [-0.1, -0.05) is 30.3 Å². The lowest BCUT2D eigenvalue weighted by molar-refractivity contribution is -0.123. The van der Waals surface area contributed by atoms with Crippen LogP contribution in [0.2, 0.25) is 0 Å². The Labute approximate surface area is 153 Å². The maximum absolute atomic E-state index is 12.5. The first kappa shape index (κ1) is 16.0. The van der Waals surface area contributed by atoms with Gasteiger partial charge in [-0.2, -0.15) is 5.10 Å². The van der Waals surface area contributed by atoms with Crippen LogP contribution in [0.5, 0.6) is 0 Å². The fourth-order valence-electron chi connectivity index (χ4n) is 4.27. The summed E-state index contributed by atoms with van der Waals surface area (Å²) in [4.78, 5) is 19.7. The Morgan fingerprint density at radius 2 is 1.92 bits per heavy atom. The van der Waals surface area contributed by atoms with Crippen LogP contribution in [0.15, 0.2) is 30.3 Å². The normalized spacial score (nSPS) is 22.7. The zero-order valence-electron chi connectivity index (χ0n) is 15.0. The summed E-state index contributed by atoms with van der Waals surface area (Å²) in [7, 11) is 0. The van der Waals surface area contributed by atoms with Gasteiger partial charge in [0.05, 0.1) is 0 Å². The van der Waals surface area contributed by atoms with Crippen LogP contribution in [0.3, 0.4) is 0 Å². The van der Waals surface area contributed by atoms with Crippen molar-refractivity contribution in [1.82, 2.24) is 25.0 Å². The average Bonchev–Trinajstić information content (AvgIpc) is 3.43. The molecule has 2 aromatic rings. The van der Waals surface area contributed by atoms with Crippen molar-refractivity contribution in [2.24, 2.45) is 0 Å². The molecule has 1 N–H and O–H groups in total. The molecule has 2 aliphatic heterocycles. The monoisotopic (exact) mass is 351 g/mol. The van der Waals surface area contributed by atoms with Crippen LogP contribution in [0.25, 0.3) is 0 Å². The van der Waals surface area contributed by atoms with E-state index in [4.69, 9.17) is 4.98 Å². The third-order valence-corrected chi connectivity index (χ3v) is 5.96. The number of hydrogen-bond donors (Lipinski definition) is 1. The second-order valence-electron chi connectivity index (χ2n) is 8.09. The highest BCUT2D eigenvalue weighted by molar-refractivity contribution is 5.77. The van der Waals surface area contributed by atoms with Crippen molar-refractivity contribution in [1.29, 1.82) is 0 Å². The quantitative estimate of drug-likeness (QED) is 0.917. The van der Waals surface area contributed by atoms with Gasteiger partial charge in [0.25, 0.3) is 0 Å². The van der Waals surface area contributed by atoms with E-state index in [0.29, 0.717) is 12.5 Å². The van der Waals surface area contributed by atoms with Gasteiger partial charge in [-0.3, -0.25) is 9.69 Å². The van der Waals surface area contributed by atoms with E-state index in [-0.39, 0.29) is 11.4 Å². The molecule has 5 rings (SSSR count). The smallest absolute Gasteiger partial charge is 0.242 e. The molecule has 0 atom stereocenters. The minimum Gasteiger partial charge on any atom is -0.349 e. The van der Waals surface area contributed by atoms with E-state index in [1.165, 1.54) is 18.4 Å². The molecule has 1 aromatic carbocycles. The van der Waals surface area contributed by atoms with Crippen LogP contribution in [-0.2, 0) is 24.3 Å². The molecule has 6 nitrogen and oxygen atoms in total. The molecule has 136 valence electrons. The predicted molar refractivity (Wildman–Crippen MR) is 97.5 cm³/mol. The van der Waals surface area contributed by atoms with Gasteiger partial charge in [-0.15, -0.1) is 0 Å². The van der Waals surface area contributed by atoms with E-state index in [1.54, 1.807) is 0 Å². The summed E-state index contributed by atoms with van der Waals surface area (Å²) < 4.78 is 1.84. The summed E-state index contributed by atoms with van der Waals surface area (Å²) in [5.41, 5.74) is 1.19. The summed E-state index contributed by atoms with van der Waals surface area (Å²) in [5.74, 6) is 2.54. The Morgan fingerprint density at radius 1 is 1.15 bits per heavy atom. The Balaban J connectivity index is 1.30. The van der Waals surface area contributed by atoms with Crippen molar-refractivity contribution in [2.75, 3.05) is 13.1 Å².